The van der Waals surface area contributed by atoms with Crippen LogP contribution in [0.5, 0.6) is 0 Å². The molecular formula is C16H17N3O2. The summed E-state index contributed by atoms with van der Waals surface area (Å²) in [6, 6.07) is 10.3. The maximum Gasteiger partial charge on any atom is 0.253 e. The van der Waals surface area contributed by atoms with Crippen molar-refractivity contribution in [2.45, 2.75) is 19.4 Å². The number of benzene rings is 1. The Morgan fingerprint density at radius 3 is 2.52 bits per heavy atom. The lowest BCUT2D eigenvalue weighted by molar-refractivity contribution is -0.119. The van der Waals surface area contributed by atoms with Gasteiger partial charge in [0.05, 0.1) is 5.56 Å². The maximum absolute atomic E-state index is 12.0. The molecule has 2 amide bonds. The summed E-state index contributed by atoms with van der Waals surface area (Å²) < 4.78 is 0. The van der Waals surface area contributed by atoms with Crippen LogP contribution in [-0.2, 0) is 11.2 Å². The van der Waals surface area contributed by atoms with Gasteiger partial charge in [0.1, 0.15) is 6.04 Å². The third-order valence-corrected chi connectivity index (χ3v) is 3.13. The van der Waals surface area contributed by atoms with Gasteiger partial charge in [0.25, 0.3) is 5.91 Å². The molecule has 108 valence electrons. The van der Waals surface area contributed by atoms with E-state index in [9.17, 15) is 9.59 Å². The van der Waals surface area contributed by atoms with Crippen LogP contribution in [0.2, 0.25) is 0 Å². The lowest BCUT2D eigenvalue weighted by Gasteiger charge is -2.15. The molecule has 1 aromatic heterocycles. The second kappa shape index (κ2) is 6.65. The highest BCUT2D eigenvalue weighted by Crippen LogP contribution is 2.07. The summed E-state index contributed by atoms with van der Waals surface area (Å²) in [5.74, 6) is -0.924. The smallest absolute Gasteiger partial charge is 0.253 e. The van der Waals surface area contributed by atoms with Gasteiger partial charge in [0.15, 0.2) is 0 Å². The van der Waals surface area contributed by atoms with Gasteiger partial charge in [0.2, 0.25) is 5.91 Å². The van der Waals surface area contributed by atoms with E-state index in [2.05, 4.69) is 10.3 Å². The quantitative estimate of drug-likeness (QED) is 0.865. The molecule has 0 aliphatic carbocycles. The van der Waals surface area contributed by atoms with Crippen molar-refractivity contribution in [3.63, 3.8) is 0 Å². The fourth-order valence-electron chi connectivity index (χ4n) is 1.92. The first-order valence-corrected chi connectivity index (χ1v) is 6.62. The number of carbonyl (C=O) groups excluding carboxylic acids is 2. The third kappa shape index (κ3) is 4.14. The number of rotatable bonds is 5. The van der Waals surface area contributed by atoms with Crippen molar-refractivity contribution in [1.29, 1.82) is 0 Å². The largest absolute Gasteiger partial charge is 0.368 e. The molecule has 2 aromatic rings. The van der Waals surface area contributed by atoms with E-state index < -0.39 is 11.9 Å². The summed E-state index contributed by atoms with van der Waals surface area (Å²) >= 11 is 0. The molecular weight excluding hydrogens is 266 g/mol. The van der Waals surface area contributed by atoms with E-state index in [1.54, 1.807) is 18.3 Å². The molecule has 2 rings (SSSR count). The lowest BCUT2D eigenvalue weighted by atomic mass is 10.0. The zero-order chi connectivity index (χ0) is 15.2. The predicted molar refractivity (Wildman–Crippen MR) is 79.6 cm³/mol. The molecule has 0 radical (unpaired) electrons. The summed E-state index contributed by atoms with van der Waals surface area (Å²) in [6.45, 7) is 1.99. The van der Waals surface area contributed by atoms with Gasteiger partial charge in [-0.3, -0.25) is 14.6 Å². The fraction of sp³-hybridized carbons (Fsp3) is 0.188. The first kappa shape index (κ1) is 14.7. The van der Waals surface area contributed by atoms with Gasteiger partial charge in [-0.15, -0.1) is 0 Å². The number of hydrogen-bond acceptors (Lipinski definition) is 3. The molecule has 1 heterocycles. The highest BCUT2D eigenvalue weighted by molar-refractivity contribution is 5.97. The number of nitrogens with one attached hydrogen (secondary N) is 1. The van der Waals surface area contributed by atoms with E-state index in [0.717, 1.165) is 11.1 Å². The SMILES string of the molecule is Cc1ccc(C[C@H](NC(=O)c2cccnc2)C(N)=O)cc1. The van der Waals surface area contributed by atoms with Gasteiger partial charge in [-0.25, -0.2) is 0 Å². The van der Waals surface area contributed by atoms with Crippen molar-refractivity contribution >= 4 is 11.8 Å². The Kier molecular flexibility index (Phi) is 4.66. The molecule has 5 nitrogen and oxygen atoms in total. The molecule has 21 heavy (non-hydrogen) atoms. The predicted octanol–water partition coefficient (Wildman–Crippen LogP) is 1.22. The van der Waals surface area contributed by atoms with E-state index in [0.29, 0.717) is 12.0 Å². The summed E-state index contributed by atoms with van der Waals surface area (Å²) in [5.41, 5.74) is 7.84. The second-order valence-electron chi connectivity index (χ2n) is 4.86. The van der Waals surface area contributed by atoms with Crippen LogP contribution in [0.3, 0.4) is 0 Å². The normalized spacial score (nSPS) is 11.7. The van der Waals surface area contributed by atoms with Crippen molar-refractivity contribution in [2.75, 3.05) is 0 Å². The third-order valence-electron chi connectivity index (χ3n) is 3.13. The van der Waals surface area contributed by atoms with Gasteiger partial charge in [-0.2, -0.15) is 0 Å². The Morgan fingerprint density at radius 2 is 1.95 bits per heavy atom. The molecule has 0 saturated carbocycles. The average molecular weight is 283 g/mol. The van der Waals surface area contributed by atoms with E-state index >= 15 is 0 Å². The van der Waals surface area contributed by atoms with E-state index in [1.165, 1.54) is 6.20 Å². The summed E-state index contributed by atoms with van der Waals surface area (Å²) in [6.07, 6.45) is 3.38. The maximum atomic E-state index is 12.0. The van der Waals surface area contributed by atoms with Crippen LogP contribution in [0.4, 0.5) is 0 Å². The molecule has 0 spiro atoms. The zero-order valence-electron chi connectivity index (χ0n) is 11.7. The number of carbonyl (C=O) groups is 2. The topological polar surface area (TPSA) is 85.1 Å². The van der Waals surface area contributed by atoms with Gasteiger partial charge in [-0.1, -0.05) is 29.8 Å². The second-order valence-corrected chi connectivity index (χ2v) is 4.86. The molecule has 3 N–H and O–H groups in total. The molecule has 0 fully saturated rings. The first-order valence-electron chi connectivity index (χ1n) is 6.62. The van der Waals surface area contributed by atoms with Crippen molar-refractivity contribution in [3.05, 3.63) is 65.5 Å². The van der Waals surface area contributed by atoms with Crippen molar-refractivity contribution in [2.24, 2.45) is 5.73 Å². The molecule has 5 heteroatoms. The van der Waals surface area contributed by atoms with Gasteiger partial charge >= 0.3 is 0 Å². The number of nitrogens with two attached hydrogens (primary N) is 1. The summed E-state index contributed by atoms with van der Waals surface area (Å²) in [7, 11) is 0. The van der Waals surface area contributed by atoms with Crippen LogP contribution >= 0.6 is 0 Å². The van der Waals surface area contributed by atoms with Gasteiger partial charge in [0, 0.05) is 18.8 Å². The molecule has 0 unspecified atom stereocenters. The molecule has 0 aliphatic rings. The summed E-state index contributed by atoms with van der Waals surface area (Å²) in [5, 5.41) is 2.64. The number of pyridine rings is 1. The Morgan fingerprint density at radius 1 is 1.24 bits per heavy atom. The number of amides is 2. The van der Waals surface area contributed by atoms with Crippen LogP contribution in [0.1, 0.15) is 21.5 Å². The van der Waals surface area contributed by atoms with E-state index in [4.69, 9.17) is 5.73 Å². The van der Waals surface area contributed by atoms with Crippen LogP contribution in [0, 0.1) is 6.92 Å². The number of aromatic nitrogens is 1. The highest BCUT2D eigenvalue weighted by atomic mass is 16.2. The molecule has 0 bridgehead atoms. The molecule has 0 aliphatic heterocycles. The van der Waals surface area contributed by atoms with Crippen molar-refractivity contribution < 1.29 is 9.59 Å². The minimum atomic E-state index is -0.750. The summed E-state index contributed by atoms with van der Waals surface area (Å²) in [4.78, 5) is 27.4. The van der Waals surface area contributed by atoms with Gasteiger partial charge in [-0.05, 0) is 24.6 Å². The monoisotopic (exact) mass is 283 g/mol. The van der Waals surface area contributed by atoms with E-state index in [-0.39, 0.29) is 5.91 Å². The number of nitrogens with zero attached hydrogens (tertiary/aromatic N) is 1. The number of hydrogen-bond donors (Lipinski definition) is 2. The Balaban J connectivity index is 2.07. The van der Waals surface area contributed by atoms with Crippen molar-refractivity contribution in [1.82, 2.24) is 10.3 Å². The van der Waals surface area contributed by atoms with Crippen LogP contribution in [0.25, 0.3) is 0 Å². The van der Waals surface area contributed by atoms with Crippen molar-refractivity contribution in [3.8, 4) is 0 Å². The highest BCUT2D eigenvalue weighted by Gasteiger charge is 2.19. The standard InChI is InChI=1S/C16H17N3O2/c1-11-4-6-12(7-5-11)9-14(15(17)20)19-16(21)13-3-2-8-18-10-13/h2-8,10,14H,9H2,1H3,(H2,17,20)(H,19,21)/t14-/m0/s1. The molecule has 1 atom stereocenters. The van der Waals surface area contributed by atoms with Crippen LogP contribution in [-0.4, -0.2) is 22.8 Å². The Bertz CT molecular complexity index is 624. The molecule has 0 saturated heterocycles. The number of aryl methyl sites for hydroxylation is 1. The minimum absolute atomic E-state index is 0.362. The first-order chi connectivity index (χ1) is 10.1. The number of primary amides is 1. The van der Waals surface area contributed by atoms with Gasteiger partial charge < -0.3 is 11.1 Å². The van der Waals surface area contributed by atoms with Crippen LogP contribution in [0.15, 0.2) is 48.8 Å². The lowest BCUT2D eigenvalue weighted by Crippen LogP contribution is -2.45. The van der Waals surface area contributed by atoms with Crippen LogP contribution < -0.4 is 11.1 Å². The van der Waals surface area contributed by atoms with E-state index in [1.807, 2.05) is 31.2 Å². The average Bonchev–Trinajstić information content (AvgIpc) is 2.49. The Labute approximate surface area is 123 Å². The molecule has 1 aromatic carbocycles. The zero-order valence-corrected chi connectivity index (χ0v) is 11.7. The fourth-order valence-corrected chi connectivity index (χ4v) is 1.92. The Hall–Kier alpha value is -2.69. The minimum Gasteiger partial charge on any atom is -0.368 e.